The van der Waals surface area contributed by atoms with Crippen molar-refractivity contribution in [2.24, 2.45) is 0 Å². The number of benzene rings is 1. The molecule has 6 heteroatoms. The summed E-state index contributed by atoms with van der Waals surface area (Å²) < 4.78 is 5.89. The van der Waals surface area contributed by atoms with E-state index < -0.39 is 12.1 Å². The monoisotopic (exact) mass is 362 g/mol. The maximum absolute atomic E-state index is 11.0. The van der Waals surface area contributed by atoms with Crippen molar-refractivity contribution in [1.82, 2.24) is 0 Å². The largest absolute Gasteiger partial charge is 0.478 e. The number of carboxylic acid groups (broad SMARTS) is 1. The van der Waals surface area contributed by atoms with Crippen LogP contribution in [0, 0.1) is 0 Å². The molecule has 4 nitrogen and oxygen atoms in total. The van der Waals surface area contributed by atoms with Crippen LogP contribution < -0.4 is 0 Å². The Bertz CT molecular complexity index is 439. The fraction of sp³-hybridized carbons (Fsp3) is 0.500. The van der Waals surface area contributed by atoms with E-state index in [-0.39, 0.29) is 5.56 Å². The number of carbonyl (C=O) groups is 1. The highest BCUT2D eigenvalue weighted by atomic mass is 79.9. The van der Waals surface area contributed by atoms with Crippen molar-refractivity contribution in [3.8, 4) is 0 Å². The lowest BCUT2D eigenvalue weighted by molar-refractivity contribution is 0.0473. The Morgan fingerprint density at radius 1 is 1.50 bits per heavy atom. The normalized spacial score (nSPS) is 12.3. The highest BCUT2D eigenvalue weighted by Gasteiger charge is 2.11. The molecule has 0 aliphatic rings. The number of carboxylic acids is 1. The summed E-state index contributed by atoms with van der Waals surface area (Å²) in [6.45, 7) is 3.07. The maximum Gasteiger partial charge on any atom is 0.336 e. The number of halogens is 1. The molecule has 1 atom stereocenters. The average molecular weight is 363 g/mol. The second-order valence-corrected chi connectivity index (χ2v) is 6.29. The minimum absolute atomic E-state index is 0.226. The first kappa shape index (κ1) is 17.5. The van der Waals surface area contributed by atoms with Gasteiger partial charge in [-0.3, -0.25) is 0 Å². The van der Waals surface area contributed by atoms with Gasteiger partial charge in [0.15, 0.2) is 0 Å². The number of unbranched alkanes of at least 4 members (excludes halogenated alkanes) is 1. The van der Waals surface area contributed by atoms with Crippen molar-refractivity contribution in [1.29, 1.82) is 0 Å². The standard InChI is InChI=1S/C14H19BrO4S/c1-2-3-6-19-8-10(16)9-20-11-4-5-13(15)12(7-11)14(17)18/h4-5,7,10,16H,2-3,6,8-9H2,1H3,(H,17,18). The van der Waals surface area contributed by atoms with E-state index in [9.17, 15) is 9.90 Å². The third-order valence-corrected chi connectivity index (χ3v) is 4.39. The van der Waals surface area contributed by atoms with Gasteiger partial charge in [0, 0.05) is 21.7 Å². The van der Waals surface area contributed by atoms with E-state index in [2.05, 4.69) is 22.9 Å². The average Bonchev–Trinajstić information content (AvgIpc) is 2.42. The molecule has 20 heavy (non-hydrogen) atoms. The molecule has 0 amide bonds. The van der Waals surface area contributed by atoms with Gasteiger partial charge in [-0.2, -0.15) is 0 Å². The molecule has 2 N–H and O–H groups in total. The summed E-state index contributed by atoms with van der Waals surface area (Å²) in [5.41, 5.74) is 0.226. The van der Waals surface area contributed by atoms with Gasteiger partial charge < -0.3 is 14.9 Å². The summed E-state index contributed by atoms with van der Waals surface area (Å²) in [4.78, 5) is 11.8. The van der Waals surface area contributed by atoms with E-state index in [0.717, 1.165) is 17.7 Å². The molecule has 0 heterocycles. The van der Waals surface area contributed by atoms with E-state index in [0.29, 0.717) is 23.4 Å². The fourth-order valence-corrected chi connectivity index (χ4v) is 2.73. The Balaban J connectivity index is 2.41. The third-order valence-electron chi connectivity index (χ3n) is 2.56. The number of thioether (sulfide) groups is 1. The van der Waals surface area contributed by atoms with Gasteiger partial charge in [-0.1, -0.05) is 13.3 Å². The smallest absolute Gasteiger partial charge is 0.336 e. The molecule has 0 radical (unpaired) electrons. The van der Waals surface area contributed by atoms with Gasteiger partial charge in [0.2, 0.25) is 0 Å². The van der Waals surface area contributed by atoms with Crippen molar-refractivity contribution >= 4 is 33.7 Å². The van der Waals surface area contributed by atoms with Gasteiger partial charge in [-0.05, 0) is 40.5 Å². The number of aliphatic hydroxyl groups is 1. The van der Waals surface area contributed by atoms with Crippen LogP contribution in [0.25, 0.3) is 0 Å². The Labute approximate surface area is 131 Å². The first-order chi connectivity index (χ1) is 9.54. The zero-order valence-corrected chi connectivity index (χ0v) is 13.7. The number of hydrogen-bond donors (Lipinski definition) is 2. The lowest BCUT2D eigenvalue weighted by atomic mass is 10.2. The number of aromatic carboxylic acids is 1. The van der Waals surface area contributed by atoms with Crippen LogP contribution in [0.2, 0.25) is 0 Å². The van der Waals surface area contributed by atoms with Gasteiger partial charge in [0.25, 0.3) is 0 Å². The first-order valence-corrected chi connectivity index (χ1v) is 8.24. The summed E-state index contributed by atoms with van der Waals surface area (Å²) in [5, 5.41) is 18.8. The summed E-state index contributed by atoms with van der Waals surface area (Å²) in [6.07, 6.45) is 1.52. The number of ether oxygens (including phenoxy) is 1. The SMILES string of the molecule is CCCCOCC(O)CSc1ccc(Br)c(C(=O)O)c1. The zero-order valence-electron chi connectivity index (χ0n) is 11.3. The molecular formula is C14H19BrO4S. The van der Waals surface area contributed by atoms with Gasteiger partial charge in [0.05, 0.1) is 18.3 Å². The van der Waals surface area contributed by atoms with Crippen molar-refractivity contribution < 1.29 is 19.7 Å². The van der Waals surface area contributed by atoms with Gasteiger partial charge >= 0.3 is 5.97 Å². The topological polar surface area (TPSA) is 66.8 Å². The van der Waals surface area contributed by atoms with Crippen LogP contribution in [0.4, 0.5) is 0 Å². The van der Waals surface area contributed by atoms with E-state index >= 15 is 0 Å². The molecule has 0 fully saturated rings. The van der Waals surface area contributed by atoms with Crippen LogP contribution in [0.3, 0.4) is 0 Å². The van der Waals surface area contributed by atoms with Crippen LogP contribution in [-0.4, -0.2) is 41.3 Å². The summed E-state index contributed by atoms with van der Waals surface area (Å²) in [7, 11) is 0. The molecule has 1 aromatic carbocycles. The van der Waals surface area contributed by atoms with Gasteiger partial charge in [0.1, 0.15) is 0 Å². The van der Waals surface area contributed by atoms with E-state index in [4.69, 9.17) is 9.84 Å². The van der Waals surface area contributed by atoms with Gasteiger partial charge in [-0.15, -0.1) is 11.8 Å². The Morgan fingerprint density at radius 2 is 2.25 bits per heavy atom. The second kappa shape index (κ2) is 9.39. The lowest BCUT2D eigenvalue weighted by Crippen LogP contribution is -2.18. The van der Waals surface area contributed by atoms with Crippen LogP contribution in [0.5, 0.6) is 0 Å². The summed E-state index contributed by atoms with van der Waals surface area (Å²) in [6, 6.07) is 5.13. The van der Waals surface area contributed by atoms with Crippen LogP contribution in [-0.2, 0) is 4.74 Å². The number of rotatable bonds is 9. The lowest BCUT2D eigenvalue weighted by Gasteiger charge is -2.11. The molecule has 0 aromatic heterocycles. The van der Waals surface area contributed by atoms with Crippen LogP contribution >= 0.6 is 27.7 Å². The minimum Gasteiger partial charge on any atom is -0.478 e. The number of aliphatic hydroxyl groups excluding tert-OH is 1. The molecule has 112 valence electrons. The zero-order chi connectivity index (χ0) is 15.0. The molecule has 0 saturated heterocycles. The summed E-state index contributed by atoms with van der Waals surface area (Å²) in [5.74, 6) is -0.491. The molecule has 0 bridgehead atoms. The molecular weight excluding hydrogens is 344 g/mol. The van der Waals surface area contributed by atoms with Crippen LogP contribution in [0.15, 0.2) is 27.6 Å². The molecule has 1 unspecified atom stereocenters. The molecule has 0 aliphatic heterocycles. The molecule has 0 spiro atoms. The van der Waals surface area contributed by atoms with Gasteiger partial charge in [-0.25, -0.2) is 4.79 Å². The van der Waals surface area contributed by atoms with Crippen LogP contribution in [0.1, 0.15) is 30.1 Å². The molecule has 0 saturated carbocycles. The molecule has 1 aromatic rings. The quantitative estimate of drug-likeness (QED) is 0.520. The number of hydrogen-bond acceptors (Lipinski definition) is 4. The maximum atomic E-state index is 11.0. The minimum atomic E-state index is -0.970. The Hall–Kier alpha value is -0.560. The summed E-state index contributed by atoms with van der Waals surface area (Å²) >= 11 is 4.62. The van der Waals surface area contributed by atoms with Crippen molar-refractivity contribution in [3.63, 3.8) is 0 Å². The Kier molecular flexibility index (Phi) is 8.21. The molecule has 0 aliphatic carbocycles. The molecule has 1 rings (SSSR count). The third kappa shape index (κ3) is 6.26. The van der Waals surface area contributed by atoms with E-state index in [1.54, 1.807) is 12.1 Å². The predicted molar refractivity (Wildman–Crippen MR) is 83.6 cm³/mol. The highest BCUT2D eigenvalue weighted by Crippen LogP contribution is 2.25. The van der Waals surface area contributed by atoms with Crippen molar-refractivity contribution in [2.45, 2.75) is 30.8 Å². The fourth-order valence-electron chi connectivity index (χ4n) is 1.46. The first-order valence-electron chi connectivity index (χ1n) is 6.46. The van der Waals surface area contributed by atoms with Crippen molar-refractivity contribution in [3.05, 3.63) is 28.2 Å². The second-order valence-electron chi connectivity index (χ2n) is 4.34. The van der Waals surface area contributed by atoms with Crippen molar-refractivity contribution in [2.75, 3.05) is 19.0 Å². The van der Waals surface area contributed by atoms with E-state index in [1.165, 1.54) is 11.8 Å². The Morgan fingerprint density at radius 3 is 2.90 bits per heavy atom. The predicted octanol–water partition coefficient (Wildman–Crippen LogP) is 3.42. The van der Waals surface area contributed by atoms with E-state index in [1.807, 2.05) is 6.07 Å². The highest BCUT2D eigenvalue weighted by molar-refractivity contribution is 9.10.